The molecule has 3 nitrogen and oxygen atoms in total. The number of ether oxygens (including phenoxy) is 1. The zero-order valence-corrected chi connectivity index (χ0v) is 11.3. The SMILES string of the molecule is COc1ccc2c(c1)N(C)C(CCCN)CS2. The highest BCUT2D eigenvalue weighted by molar-refractivity contribution is 7.99. The fraction of sp³-hybridized carbons (Fsp3) is 0.538. The van der Waals surface area contributed by atoms with E-state index >= 15 is 0 Å². The van der Waals surface area contributed by atoms with Crippen molar-refractivity contribution in [3.8, 4) is 5.75 Å². The number of hydrogen-bond acceptors (Lipinski definition) is 4. The molecule has 0 amide bonds. The van der Waals surface area contributed by atoms with Gasteiger partial charge in [0.05, 0.1) is 12.8 Å². The number of benzene rings is 1. The van der Waals surface area contributed by atoms with E-state index in [1.54, 1.807) is 7.11 Å². The van der Waals surface area contributed by atoms with Crippen LogP contribution in [0.1, 0.15) is 12.8 Å². The largest absolute Gasteiger partial charge is 0.497 e. The predicted molar refractivity (Wildman–Crippen MR) is 74.2 cm³/mol. The maximum atomic E-state index is 5.59. The molecule has 2 N–H and O–H groups in total. The van der Waals surface area contributed by atoms with Crippen LogP contribution in [0.25, 0.3) is 0 Å². The van der Waals surface area contributed by atoms with Gasteiger partial charge in [-0.3, -0.25) is 0 Å². The lowest BCUT2D eigenvalue weighted by Crippen LogP contribution is -2.37. The highest BCUT2D eigenvalue weighted by atomic mass is 32.2. The Balaban J connectivity index is 2.18. The summed E-state index contributed by atoms with van der Waals surface area (Å²) in [6.45, 7) is 0.778. The summed E-state index contributed by atoms with van der Waals surface area (Å²) in [5.74, 6) is 2.08. The van der Waals surface area contributed by atoms with Gasteiger partial charge in [0, 0.05) is 29.8 Å². The van der Waals surface area contributed by atoms with E-state index in [2.05, 4.69) is 24.1 Å². The van der Waals surface area contributed by atoms with Gasteiger partial charge in [-0.25, -0.2) is 0 Å². The molecule has 0 fully saturated rings. The van der Waals surface area contributed by atoms with Crippen LogP contribution in [-0.2, 0) is 0 Å². The molecule has 1 atom stereocenters. The number of nitrogens with zero attached hydrogens (tertiary/aromatic N) is 1. The lowest BCUT2D eigenvalue weighted by Gasteiger charge is -2.35. The summed E-state index contributed by atoms with van der Waals surface area (Å²) in [4.78, 5) is 3.71. The minimum Gasteiger partial charge on any atom is -0.497 e. The van der Waals surface area contributed by atoms with Gasteiger partial charge in [0.15, 0.2) is 0 Å². The molecule has 1 aliphatic heterocycles. The Hall–Kier alpha value is -0.870. The molecular formula is C13H20N2OS. The van der Waals surface area contributed by atoms with Crippen LogP contribution in [-0.4, -0.2) is 32.5 Å². The van der Waals surface area contributed by atoms with Crippen molar-refractivity contribution >= 4 is 17.4 Å². The Morgan fingerprint density at radius 1 is 1.53 bits per heavy atom. The molecule has 1 heterocycles. The van der Waals surface area contributed by atoms with Gasteiger partial charge in [0.1, 0.15) is 5.75 Å². The van der Waals surface area contributed by atoms with E-state index in [0.29, 0.717) is 6.04 Å². The number of hydrogen-bond donors (Lipinski definition) is 1. The Morgan fingerprint density at radius 3 is 3.06 bits per heavy atom. The van der Waals surface area contributed by atoms with Crippen LogP contribution >= 0.6 is 11.8 Å². The van der Waals surface area contributed by atoms with Gasteiger partial charge in [0.2, 0.25) is 0 Å². The molecule has 0 bridgehead atoms. The number of fused-ring (bicyclic) bond motifs is 1. The van der Waals surface area contributed by atoms with Gasteiger partial charge in [0.25, 0.3) is 0 Å². The maximum Gasteiger partial charge on any atom is 0.121 e. The van der Waals surface area contributed by atoms with Gasteiger partial charge < -0.3 is 15.4 Å². The van der Waals surface area contributed by atoms with Crippen molar-refractivity contribution < 1.29 is 4.74 Å². The Kier molecular flexibility index (Phi) is 4.18. The standard InChI is InChI=1S/C13H20N2OS/c1-15-10(4-3-7-14)9-17-13-6-5-11(16-2)8-12(13)15/h5-6,8,10H,3-4,7,9,14H2,1-2H3. The second kappa shape index (κ2) is 5.65. The van der Waals surface area contributed by atoms with Crippen LogP contribution in [0.15, 0.2) is 23.1 Å². The van der Waals surface area contributed by atoms with Gasteiger partial charge in [-0.05, 0) is 31.5 Å². The molecule has 1 aliphatic rings. The molecule has 0 saturated heterocycles. The minimum atomic E-state index is 0.586. The second-order valence-corrected chi connectivity index (χ2v) is 5.40. The first-order chi connectivity index (χ1) is 8.26. The molecule has 0 spiro atoms. The Labute approximate surface area is 107 Å². The quantitative estimate of drug-likeness (QED) is 0.892. The minimum absolute atomic E-state index is 0.586. The average molecular weight is 252 g/mol. The van der Waals surface area contributed by atoms with E-state index in [9.17, 15) is 0 Å². The fourth-order valence-corrected chi connectivity index (χ4v) is 3.42. The number of nitrogens with two attached hydrogens (primary N) is 1. The van der Waals surface area contributed by atoms with Crippen LogP contribution in [0.4, 0.5) is 5.69 Å². The van der Waals surface area contributed by atoms with Crippen molar-refractivity contribution in [1.29, 1.82) is 0 Å². The number of thioether (sulfide) groups is 1. The number of anilines is 1. The third kappa shape index (κ3) is 2.69. The summed E-state index contributed by atoms with van der Waals surface area (Å²) in [6.07, 6.45) is 2.26. The molecule has 2 rings (SSSR count). The molecule has 0 aliphatic carbocycles. The van der Waals surface area contributed by atoms with Gasteiger partial charge in [-0.2, -0.15) is 0 Å². The lowest BCUT2D eigenvalue weighted by atomic mass is 10.1. The summed E-state index contributed by atoms with van der Waals surface area (Å²) >= 11 is 1.93. The van der Waals surface area contributed by atoms with E-state index in [4.69, 9.17) is 10.5 Å². The van der Waals surface area contributed by atoms with E-state index in [1.807, 2.05) is 17.8 Å². The third-order valence-electron chi connectivity index (χ3n) is 3.27. The maximum absolute atomic E-state index is 5.59. The summed E-state index contributed by atoms with van der Waals surface area (Å²) in [5, 5.41) is 0. The number of methoxy groups -OCH3 is 1. The van der Waals surface area contributed by atoms with Crippen molar-refractivity contribution in [2.75, 3.05) is 31.4 Å². The topological polar surface area (TPSA) is 38.5 Å². The van der Waals surface area contributed by atoms with Crippen molar-refractivity contribution in [3.05, 3.63) is 18.2 Å². The van der Waals surface area contributed by atoms with Crippen LogP contribution in [0.2, 0.25) is 0 Å². The molecule has 1 unspecified atom stereocenters. The van der Waals surface area contributed by atoms with Gasteiger partial charge >= 0.3 is 0 Å². The Bertz CT molecular complexity index is 384. The van der Waals surface area contributed by atoms with Crippen molar-refractivity contribution in [1.82, 2.24) is 0 Å². The summed E-state index contributed by atoms with van der Waals surface area (Å²) < 4.78 is 5.29. The lowest BCUT2D eigenvalue weighted by molar-refractivity contribution is 0.414. The van der Waals surface area contributed by atoms with E-state index in [1.165, 1.54) is 10.6 Å². The molecule has 0 saturated carbocycles. The molecular weight excluding hydrogens is 232 g/mol. The van der Waals surface area contributed by atoms with Crippen molar-refractivity contribution in [2.24, 2.45) is 5.73 Å². The van der Waals surface area contributed by atoms with Gasteiger partial charge in [-0.1, -0.05) is 0 Å². The first kappa shape index (κ1) is 12.6. The predicted octanol–water partition coefficient (Wildman–Crippen LogP) is 2.34. The summed E-state index contributed by atoms with van der Waals surface area (Å²) in [6, 6.07) is 6.88. The van der Waals surface area contributed by atoms with Crippen molar-refractivity contribution in [3.63, 3.8) is 0 Å². The smallest absolute Gasteiger partial charge is 0.121 e. The second-order valence-electron chi connectivity index (χ2n) is 4.34. The first-order valence-electron chi connectivity index (χ1n) is 6.00. The molecule has 17 heavy (non-hydrogen) atoms. The van der Waals surface area contributed by atoms with E-state index in [0.717, 1.165) is 30.9 Å². The zero-order chi connectivity index (χ0) is 12.3. The molecule has 0 radical (unpaired) electrons. The third-order valence-corrected chi connectivity index (χ3v) is 4.47. The Morgan fingerprint density at radius 2 is 2.35 bits per heavy atom. The molecule has 0 aromatic heterocycles. The van der Waals surface area contributed by atoms with Crippen LogP contribution < -0.4 is 15.4 Å². The van der Waals surface area contributed by atoms with Crippen LogP contribution in [0.3, 0.4) is 0 Å². The highest BCUT2D eigenvalue weighted by Gasteiger charge is 2.23. The summed E-state index contributed by atoms with van der Waals surface area (Å²) in [5.41, 5.74) is 6.87. The van der Waals surface area contributed by atoms with Crippen molar-refractivity contribution in [2.45, 2.75) is 23.8 Å². The van der Waals surface area contributed by atoms with E-state index in [-0.39, 0.29) is 0 Å². The average Bonchev–Trinajstić information content (AvgIpc) is 2.38. The molecule has 4 heteroatoms. The molecule has 1 aromatic carbocycles. The van der Waals surface area contributed by atoms with Crippen LogP contribution in [0.5, 0.6) is 5.75 Å². The number of rotatable bonds is 4. The molecule has 1 aromatic rings. The first-order valence-corrected chi connectivity index (χ1v) is 6.98. The summed E-state index contributed by atoms with van der Waals surface area (Å²) in [7, 11) is 3.88. The molecule has 94 valence electrons. The zero-order valence-electron chi connectivity index (χ0n) is 10.5. The van der Waals surface area contributed by atoms with Crippen LogP contribution in [0, 0.1) is 0 Å². The monoisotopic (exact) mass is 252 g/mol. The fourth-order valence-electron chi connectivity index (χ4n) is 2.15. The normalized spacial score (nSPS) is 19.0. The highest BCUT2D eigenvalue weighted by Crippen LogP contribution is 2.39. The van der Waals surface area contributed by atoms with Gasteiger partial charge in [-0.15, -0.1) is 11.8 Å². The van der Waals surface area contributed by atoms with E-state index < -0.39 is 0 Å².